The van der Waals surface area contributed by atoms with E-state index in [-0.39, 0.29) is 11.5 Å². The lowest BCUT2D eigenvalue weighted by molar-refractivity contribution is -0.249. The van der Waals surface area contributed by atoms with Gasteiger partial charge in [-0.25, -0.2) is 13.4 Å². The summed E-state index contributed by atoms with van der Waals surface area (Å²) in [4.78, 5) is 3.90. The van der Waals surface area contributed by atoms with E-state index in [9.17, 15) is 13.5 Å². The van der Waals surface area contributed by atoms with Crippen molar-refractivity contribution in [2.45, 2.75) is 18.7 Å². The Morgan fingerprint density at radius 3 is 2.30 bits per heavy atom. The Kier molecular flexibility index (Phi) is 5.23. The third kappa shape index (κ3) is 4.72. The molecule has 0 aliphatic rings. The van der Waals surface area contributed by atoms with E-state index in [0.29, 0.717) is 11.4 Å². The maximum Gasteiger partial charge on any atom is 0.261 e. The highest BCUT2D eigenvalue weighted by Gasteiger charge is 2.13. The maximum absolute atomic E-state index is 12.3. The van der Waals surface area contributed by atoms with Crippen LogP contribution in [0.25, 0.3) is 0 Å². The highest BCUT2D eigenvalue weighted by atomic mass is 32.2. The van der Waals surface area contributed by atoms with E-state index in [0.717, 1.165) is 5.56 Å². The largest absolute Gasteiger partial charge is 0.600 e. The van der Waals surface area contributed by atoms with E-state index in [4.69, 9.17) is 4.74 Å². The van der Waals surface area contributed by atoms with Crippen molar-refractivity contribution < 1.29 is 18.3 Å². The Labute approximate surface area is 135 Å². The Bertz CT molecular complexity index is 782. The number of aryl methyl sites for hydroxylation is 1. The molecule has 2 rings (SSSR count). The van der Waals surface area contributed by atoms with Gasteiger partial charge in [0.25, 0.3) is 10.0 Å². The molecule has 0 bridgehead atoms. The zero-order chi connectivity index (χ0) is 16.9. The fourth-order valence-corrected chi connectivity index (χ4v) is 2.86. The number of sulfonamides is 1. The maximum atomic E-state index is 12.3. The van der Waals surface area contributed by atoms with Crippen molar-refractivity contribution in [2.24, 2.45) is 4.99 Å². The molecule has 0 heterocycles. The number of aliphatic imine (C=N–C) groups is 1. The van der Waals surface area contributed by atoms with Crippen LogP contribution in [0.3, 0.4) is 0 Å². The minimum absolute atomic E-state index is 0.184. The summed E-state index contributed by atoms with van der Waals surface area (Å²) in [5.41, 5.74) is 1.75. The molecule has 0 aliphatic carbocycles. The van der Waals surface area contributed by atoms with Gasteiger partial charge in [0.2, 0.25) is 0 Å². The van der Waals surface area contributed by atoms with Crippen molar-refractivity contribution in [1.82, 2.24) is 0 Å². The molecule has 2 aromatic rings. The summed E-state index contributed by atoms with van der Waals surface area (Å²) in [6, 6.07) is 12.7. The smallest absolute Gasteiger partial charge is 0.261 e. The number of benzene rings is 2. The predicted molar refractivity (Wildman–Crippen MR) is 87.2 cm³/mol. The molecule has 6 nitrogen and oxygen atoms in total. The van der Waals surface area contributed by atoms with Crippen LogP contribution in [0.15, 0.2) is 58.4 Å². The second-order valence-corrected chi connectivity index (χ2v) is 6.46. The van der Waals surface area contributed by atoms with Gasteiger partial charge in [0.15, 0.2) is 6.08 Å². The molecule has 23 heavy (non-hydrogen) atoms. The predicted octanol–water partition coefficient (Wildman–Crippen LogP) is 2.18. The second-order valence-electron chi connectivity index (χ2n) is 4.78. The standard InChI is InChI=1S/C16H18N2O4S/c1-3-22-16(19)17-13-6-8-14(9-7-13)18-23(20,21)15-10-4-12(2)5-11-15/h4-11,18H,3H2,1-2H3,(H,17,19)/p-1. The van der Waals surface area contributed by atoms with Crippen LogP contribution in [0, 0.1) is 6.92 Å². The molecule has 0 unspecified atom stereocenters. The molecule has 0 fully saturated rings. The third-order valence-corrected chi connectivity index (χ3v) is 4.34. The lowest BCUT2D eigenvalue weighted by atomic mass is 10.2. The Hall–Kier alpha value is -2.54. The van der Waals surface area contributed by atoms with E-state index < -0.39 is 16.1 Å². The van der Waals surface area contributed by atoms with Crippen molar-refractivity contribution in [2.75, 3.05) is 11.3 Å². The van der Waals surface area contributed by atoms with Gasteiger partial charge in [-0.3, -0.25) is 4.72 Å². The number of anilines is 1. The zero-order valence-corrected chi connectivity index (χ0v) is 13.6. The van der Waals surface area contributed by atoms with Crippen LogP contribution in [0.4, 0.5) is 11.4 Å². The number of hydrogen-bond acceptors (Lipinski definition) is 5. The van der Waals surface area contributed by atoms with Crippen LogP contribution in [0.1, 0.15) is 12.5 Å². The van der Waals surface area contributed by atoms with E-state index in [1.54, 1.807) is 31.2 Å². The van der Waals surface area contributed by atoms with Gasteiger partial charge in [0, 0.05) is 5.69 Å². The normalized spacial score (nSPS) is 12.0. The molecular formula is C16H17N2O4S-. The quantitative estimate of drug-likeness (QED) is 0.670. The summed E-state index contributed by atoms with van der Waals surface area (Å²) in [5, 5.41) is 11.2. The first-order valence-corrected chi connectivity index (χ1v) is 8.47. The van der Waals surface area contributed by atoms with E-state index in [1.807, 2.05) is 6.92 Å². The minimum Gasteiger partial charge on any atom is -0.600 e. The fourth-order valence-electron chi connectivity index (χ4n) is 1.80. The molecule has 122 valence electrons. The lowest BCUT2D eigenvalue weighted by Crippen LogP contribution is -2.20. The Balaban J connectivity index is 2.14. The summed E-state index contributed by atoms with van der Waals surface area (Å²) in [7, 11) is -3.65. The SMILES string of the molecule is CCOC([O-])=Nc1ccc(NS(=O)(=O)c2ccc(C)cc2)cc1. The van der Waals surface area contributed by atoms with E-state index in [1.165, 1.54) is 24.3 Å². The summed E-state index contributed by atoms with van der Waals surface area (Å²) < 4.78 is 31.7. The first-order valence-electron chi connectivity index (χ1n) is 6.99. The van der Waals surface area contributed by atoms with E-state index >= 15 is 0 Å². The number of nitrogens with one attached hydrogen (secondary N) is 1. The molecule has 0 aliphatic heterocycles. The highest BCUT2D eigenvalue weighted by Crippen LogP contribution is 2.20. The van der Waals surface area contributed by atoms with Crippen LogP contribution in [0.2, 0.25) is 0 Å². The molecule has 7 heteroatoms. The number of rotatable bonds is 5. The molecule has 1 N–H and O–H groups in total. The van der Waals surface area contributed by atoms with Gasteiger partial charge >= 0.3 is 0 Å². The molecule has 0 saturated carbocycles. The molecule has 0 saturated heterocycles. The molecule has 0 spiro atoms. The molecular weight excluding hydrogens is 316 g/mol. The average Bonchev–Trinajstić information content (AvgIpc) is 2.50. The topological polar surface area (TPSA) is 90.8 Å². The molecule has 0 atom stereocenters. The van der Waals surface area contributed by atoms with Crippen molar-refractivity contribution in [3.05, 3.63) is 54.1 Å². The van der Waals surface area contributed by atoms with Gasteiger partial charge in [-0.1, -0.05) is 24.6 Å². The number of ether oxygens (including phenoxy) is 1. The second kappa shape index (κ2) is 7.15. The summed E-state index contributed by atoms with van der Waals surface area (Å²) in [6.45, 7) is 3.82. The van der Waals surface area contributed by atoms with Crippen molar-refractivity contribution in [3.8, 4) is 0 Å². The molecule has 0 aromatic heterocycles. The number of hydrogen-bond donors (Lipinski definition) is 1. The first kappa shape index (κ1) is 16.8. The molecule has 0 radical (unpaired) electrons. The highest BCUT2D eigenvalue weighted by molar-refractivity contribution is 7.92. The van der Waals surface area contributed by atoms with Gasteiger partial charge in [-0.15, -0.1) is 0 Å². The first-order chi connectivity index (χ1) is 10.9. The van der Waals surface area contributed by atoms with Gasteiger partial charge in [0.05, 0.1) is 10.6 Å². The Morgan fingerprint density at radius 1 is 1.13 bits per heavy atom. The van der Waals surface area contributed by atoms with Crippen LogP contribution in [-0.2, 0) is 14.8 Å². The lowest BCUT2D eigenvalue weighted by Gasteiger charge is -2.11. The zero-order valence-electron chi connectivity index (χ0n) is 12.8. The van der Waals surface area contributed by atoms with Gasteiger partial charge < -0.3 is 9.84 Å². The molecule has 0 amide bonds. The van der Waals surface area contributed by atoms with Gasteiger partial charge in [-0.2, -0.15) is 0 Å². The van der Waals surface area contributed by atoms with Crippen LogP contribution >= 0.6 is 0 Å². The monoisotopic (exact) mass is 333 g/mol. The third-order valence-electron chi connectivity index (χ3n) is 2.94. The summed E-state index contributed by atoms with van der Waals surface area (Å²) >= 11 is 0. The van der Waals surface area contributed by atoms with Crippen LogP contribution < -0.4 is 9.83 Å². The van der Waals surface area contributed by atoms with Gasteiger partial charge in [0.1, 0.15) is 0 Å². The van der Waals surface area contributed by atoms with Crippen molar-refractivity contribution >= 4 is 27.5 Å². The summed E-state index contributed by atoms with van der Waals surface area (Å²) in [5.74, 6) is 0. The summed E-state index contributed by atoms with van der Waals surface area (Å²) in [6.07, 6.45) is -0.680. The average molecular weight is 333 g/mol. The van der Waals surface area contributed by atoms with Crippen molar-refractivity contribution in [3.63, 3.8) is 0 Å². The van der Waals surface area contributed by atoms with Crippen molar-refractivity contribution in [1.29, 1.82) is 0 Å². The van der Waals surface area contributed by atoms with Gasteiger partial charge in [-0.05, 0) is 49.9 Å². The molecule has 2 aromatic carbocycles. The fraction of sp³-hybridized carbons (Fsp3) is 0.188. The van der Waals surface area contributed by atoms with E-state index in [2.05, 4.69) is 9.71 Å². The van der Waals surface area contributed by atoms with Crippen LogP contribution in [0.5, 0.6) is 0 Å². The minimum atomic E-state index is -3.65. The number of nitrogens with zero attached hydrogens (tertiary/aromatic N) is 1. The van der Waals surface area contributed by atoms with Crippen LogP contribution in [-0.4, -0.2) is 21.1 Å². The Morgan fingerprint density at radius 2 is 1.74 bits per heavy atom.